The number of hydrogen-bond donors (Lipinski definition) is 2. The highest BCUT2D eigenvalue weighted by molar-refractivity contribution is 5.94. The molecule has 1 aromatic heterocycles. The van der Waals surface area contributed by atoms with Gasteiger partial charge in [-0.3, -0.25) is 9.69 Å². The number of nitrogens with one attached hydrogen (secondary N) is 1. The Bertz CT molecular complexity index is 689. The molecule has 0 saturated carbocycles. The van der Waals surface area contributed by atoms with Crippen LogP contribution in [0, 0.1) is 0 Å². The lowest BCUT2D eigenvalue weighted by Gasteiger charge is -2.34. The molecule has 8 heteroatoms. The quantitative estimate of drug-likeness (QED) is 0.693. The van der Waals surface area contributed by atoms with Crippen molar-refractivity contribution in [1.29, 1.82) is 0 Å². The Hall–Kier alpha value is -2.22. The van der Waals surface area contributed by atoms with Crippen molar-refractivity contribution in [2.24, 2.45) is 5.73 Å². The second-order valence-electron chi connectivity index (χ2n) is 6.39. The van der Waals surface area contributed by atoms with Crippen molar-refractivity contribution in [1.82, 2.24) is 20.2 Å². The van der Waals surface area contributed by atoms with Gasteiger partial charge in [0, 0.05) is 57.2 Å². The van der Waals surface area contributed by atoms with E-state index in [1.807, 2.05) is 30.3 Å². The molecule has 27 heavy (non-hydrogen) atoms. The fourth-order valence-corrected chi connectivity index (χ4v) is 3.02. The van der Waals surface area contributed by atoms with E-state index >= 15 is 0 Å². The van der Waals surface area contributed by atoms with E-state index in [9.17, 15) is 4.79 Å². The van der Waals surface area contributed by atoms with E-state index in [-0.39, 0.29) is 18.3 Å². The molecule has 1 aliphatic heterocycles. The molecule has 0 bridgehead atoms. The van der Waals surface area contributed by atoms with Crippen LogP contribution in [0.3, 0.4) is 0 Å². The number of nitrogens with zero attached hydrogens (tertiary/aromatic N) is 4. The fraction of sp³-hybridized carbons (Fsp3) is 0.421. The molecule has 0 aliphatic carbocycles. The summed E-state index contributed by atoms with van der Waals surface area (Å²) in [6.07, 6.45) is 4.50. The van der Waals surface area contributed by atoms with Crippen LogP contribution in [0.1, 0.15) is 22.3 Å². The van der Waals surface area contributed by atoms with E-state index in [1.165, 1.54) is 0 Å². The molecule has 146 valence electrons. The number of amides is 1. The van der Waals surface area contributed by atoms with Crippen LogP contribution in [0.2, 0.25) is 0 Å². The Labute approximate surface area is 166 Å². The van der Waals surface area contributed by atoms with Crippen LogP contribution in [0.15, 0.2) is 42.7 Å². The third-order valence-electron chi connectivity index (χ3n) is 4.60. The number of carbonyl (C=O) groups excluding carboxylic acids is 1. The summed E-state index contributed by atoms with van der Waals surface area (Å²) in [6.45, 7) is 6.01. The minimum atomic E-state index is -0.0281. The largest absolute Gasteiger partial charge is 0.352 e. The van der Waals surface area contributed by atoms with Crippen molar-refractivity contribution < 1.29 is 4.79 Å². The summed E-state index contributed by atoms with van der Waals surface area (Å²) in [5, 5.41) is 2.98. The van der Waals surface area contributed by atoms with Crippen molar-refractivity contribution in [3.8, 4) is 0 Å². The first-order chi connectivity index (χ1) is 12.8. The van der Waals surface area contributed by atoms with E-state index in [1.54, 1.807) is 12.4 Å². The normalized spacial score (nSPS) is 14.5. The van der Waals surface area contributed by atoms with Crippen molar-refractivity contribution in [2.45, 2.75) is 13.0 Å². The van der Waals surface area contributed by atoms with E-state index in [2.05, 4.69) is 25.1 Å². The SMILES string of the molecule is Cl.NCc1ccc(C(=O)NCCCN2CCN(c3ncccn3)CC2)cc1. The molecule has 1 aliphatic rings. The Kier molecular flexibility index (Phi) is 8.44. The van der Waals surface area contributed by atoms with Gasteiger partial charge in [-0.25, -0.2) is 9.97 Å². The lowest BCUT2D eigenvalue weighted by molar-refractivity contribution is 0.0951. The van der Waals surface area contributed by atoms with Gasteiger partial charge >= 0.3 is 0 Å². The zero-order valence-electron chi connectivity index (χ0n) is 15.4. The van der Waals surface area contributed by atoms with Gasteiger partial charge in [-0.2, -0.15) is 0 Å². The minimum Gasteiger partial charge on any atom is -0.352 e. The molecule has 3 N–H and O–H groups in total. The fourth-order valence-electron chi connectivity index (χ4n) is 3.02. The summed E-state index contributed by atoms with van der Waals surface area (Å²) in [4.78, 5) is 25.4. The highest BCUT2D eigenvalue weighted by Gasteiger charge is 2.18. The van der Waals surface area contributed by atoms with Crippen LogP contribution in [0.5, 0.6) is 0 Å². The topological polar surface area (TPSA) is 87.4 Å². The average molecular weight is 391 g/mol. The first-order valence-corrected chi connectivity index (χ1v) is 9.08. The van der Waals surface area contributed by atoms with Crippen LogP contribution in [-0.4, -0.2) is 60.0 Å². The molecule has 2 aromatic rings. The van der Waals surface area contributed by atoms with Crippen molar-refractivity contribution in [3.05, 3.63) is 53.9 Å². The Morgan fingerprint density at radius 3 is 2.37 bits per heavy atom. The van der Waals surface area contributed by atoms with Gasteiger partial charge in [0.15, 0.2) is 0 Å². The molecule has 0 spiro atoms. The van der Waals surface area contributed by atoms with Crippen LogP contribution in [-0.2, 0) is 6.54 Å². The smallest absolute Gasteiger partial charge is 0.251 e. The zero-order chi connectivity index (χ0) is 18.2. The summed E-state index contributed by atoms with van der Waals surface area (Å²) >= 11 is 0. The van der Waals surface area contributed by atoms with Gasteiger partial charge in [0.25, 0.3) is 5.91 Å². The highest BCUT2D eigenvalue weighted by atomic mass is 35.5. The Morgan fingerprint density at radius 2 is 1.74 bits per heavy atom. The van der Waals surface area contributed by atoms with Crippen molar-refractivity contribution in [2.75, 3.05) is 44.2 Å². The molecule has 3 rings (SSSR count). The summed E-state index contributed by atoms with van der Waals surface area (Å²) in [7, 11) is 0. The number of aromatic nitrogens is 2. The molecule has 0 unspecified atom stereocenters. The van der Waals surface area contributed by atoms with E-state index < -0.39 is 0 Å². The second kappa shape index (κ2) is 10.8. The Balaban J connectivity index is 0.00000261. The molecule has 1 amide bonds. The standard InChI is InChI=1S/C19H26N6O.ClH/c20-15-16-3-5-17(6-4-16)18(26)21-9-2-10-24-11-13-25(14-12-24)19-22-7-1-8-23-19;/h1,3-8H,2,9-15,20H2,(H,21,26);1H. The molecule has 1 fully saturated rings. The summed E-state index contributed by atoms with van der Waals surface area (Å²) < 4.78 is 0. The summed E-state index contributed by atoms with van der Waals surface area (Å²) in [5.41, 5.74) is 7.28. The van der Waals surface area contributed by atoms with Crippen LogP contribution in [0.25, 0.3) is 0 Å². The van der Waals surface area contributed by atoms with Gasteiger partial charge in [-0.1, -0.05) is 12.1 Å². The first-order valence-electron chi connectivity index (χ1n) is 9.08. The number of hydrogen-bond acceptors (Lipinski definition) is 6. The lowest BCUT2D eigenvalue weighted by Crippen LogP contribution is -2.47. The van der Waals surface area contributed by atoms with E-state index in [4.69, 9.17) is 5.73 Å². The minimum absolute atomic E-state index is 0. The predicted octanol–water partition coefficient (Wildman–Crippen LogP) is 1.30. The average Bonchev–Trinajstić information content (AvgIpc) is 2.72. The maximum atomic E-state index is 12.1. The van der Waals surface area contributed by atoms with Gasteiger partial charge in [-0.05, 0) is 36.7 Å². The number of benzene rings is 1. The highest BCUT2D eigenvalue weighted by Crippen LogP contribution is 2.09. The maximum absolute atomic E-state index is 12.1. The van der Waals surface area contributed by atoms with Gasteiger partial charge in [0.1, 0.15) is 0 Å². The molecular formula is C19H27ClN6O. The maximum Gasteiger partial charge on any atom is 0.251 e. The number of piperazine rings is 1. The molecule has 0 radical (unpaired) electrons. The second-order valence-corrected chi connectivity index (χ2v) is 6.39. The number of rotatable bonds is 7. The Morgan fingerprint density at radius 1 is 1.07 bits per heavy atom. The molecule has 0 atom stereocenters. The number of carbonyl (C=O) groups is 1. The monoisotopic (exact) mass is 390 g/mol. The molecule has 7 nitrogen and oxygen atoms in total. The summed E-state index contributed by atoms with van der Waals surface area (Å²) in [5.74, 6) is 0.777. The van der Waals surface area contributed by atoms with Gasteiger partial charge in [0.05, 0.1) is 0 Å². The van der Waals surface area contributed by atoms with Crippen LogP contribution >= 0.6 is 12.4 Å². The molecule has 1 saturated heterocycles. The van der Waals surface area contributed by atoms with Crippen molar-refractivity contribution >= 4 is 24.3 Å². The third kappa shape index (κ3) is 6.16. The van der Waals surface area contributed by atoms with Crippen LogP contribution < -0.4 is 16.0 Å². The number of anilines is 1. The van der Waals surface area contributed by atoms with Crippen LogP contribution in [0.4, 0.5) is 5.95 Å². The first kappa shape index (κ1) is 21.1. The lowest BCUT2D eigenvalue weighted by atomic mass is 10.1. The summed E-state index contributed by atoms with van der Waals surface area (Å²) in [6, 6.07) is 9.26. The number of nitrogens with two attached hydrogens (primary N) is 1. The van der Waals surface area contributed by atoms with Gasteiger partial charge in [-0.15, -0.1) is 12.4 Å². The predicted molar refractivity (Wildman–Crippen MR) is 109 cm³/mol. The zero-order valence-corrected chi connectivity index (χ0v) is 16.2. The van der Waals surface area contributed by atoms with Crippen molar-refractivity contribution in [3.63, 3.8) is 0 Å². The van der Waals surface area contributed by atoms with E-state index in [0.717, 1.165) is 50.7 Å². The van der Waals surface area contributed by atoms with Gasteiger partial charge in [0.2, 0.25) is 5.95 Å². The molecular weight excluding hydrogens is 364 g/mol. The molecule has 1 aromatic carbocycles. The van der Waals surface area contributed by atoms with E-state index in [0.29, 0.717) is 18.7 Å². The third-order valence-corrected chi connectivity index (χ3v) is 4.60. The molecule has 2 heterocycles. The van der Waals surface area contributed by atoms with Gasteiger partial charge < -0.3 is 16.0 Å². The number of halogens is 1.